The molecule has 1 atom stereocenters. The number of primary amides is 2. The maximum atomic E-state index is 14.3. The van der Waals surface area contributed by atoms with Crippen LogP contribution in [-0.2, 0) is 4.79 Å². The summed E-state index contributed by atoms with van der Waals surface area (Å²) in [5.41, 5.74) is 11.8. The molecule has 3 aromatic heterocycles. The van der Waals surface area contributed by atoms with E-state index >= 15 is 0 Å². The number of hydrogen-bond acceptors (Lipinski definition) is 6. The highest BCUT2D eigenvalue weighted by molar-refractivity contribution is 5.98. The van der Waals surface area contributed by atoms with Crippen LogP contribution in [0.2, 0.25) is 0 Å². The number of rotatable bonds is 7. The molecule has 2 amide bonds. The Morgan fingerprint density at radius 1 is 1.30 bits per heavy atom. The third-order valence-corrected chi connectivity index (χ3v) is 3.96. The van der Waals surface area contributed by atoms with Gasteiger partial charge in [-0.25, -0.2) is 14.4 Å². The molecule has 6 N–H and O–H groups in total. The fourth-order valence-corrected chi connectivity index (χ4v) is 2.54. The molecule has 10 heteroatoms. The summed E-state index contributed by atoms with van der Waals surface area (Å²) in [4.78, 5) is 31.3. The molecular weight excluding hydrogens is 353 g/mol. The lowest BCUT2D eigenvalue weighted by atomic mass is 10.2. The fraction of sp³-hybridized carbons (Fsp3) is 0.176. The van der Waals surface area contributed by atoms with Crippen molar-refractivity contribution >= 4 is 34.8 Å². The van der Waals surface area contributed by atoms with E-state index in [-0.39, 0.29) is 17.2 Å². The minimum atomic E-state index is -0.846. The van der Waals surface area contributed by atoms with Crippen molar-refractivity contribution in [3.63, 3.8) is 0 Å². The third-order valence-electron chi connectivity index (χ3n) is 3.96. The van der Waals surface area contributed by atoms with Gasteiger partial charge in [0.15, 0.2) is 11.6 Å². The molecular formula is C17H18FN7O2. The Balaban J connectivity index is 1.99. The van der Waals surface area contributed by atoms with Crippen molar-refractivity contribution in [2.75, 3.05) is 10.6 Å². The summed E-state index contributed by atoms with van der Waals surface area (Å²) in [6.45, 7) is 1.72. The van der Waals surface area contributed by atoms with Crippen LogP contribution in [0, 0.1) is 5.82 Å². The summed E-state index contributed by atoms with van der Waals surface area (Å²) in [5, 5.41) is 5.59. The highest BCUT2D eigenvalue weighted by Crippen LogP contribution is 2.24. The first-order valence-electron chi connectivity index (χ1n) is 8.15. The Morgan fingerprint density at radius 2 is 2.07 bits per heavy atom. The van der Waals surface area contributed by atoms with Gasteiger partial charge < -0.3 is 26.5 Å². The molecule has 0 spiro atoms. The van der Waals surface area contributed by atoms with Crippen molar-refractivity contribution < 1.29 is 14.0 Å². The van der Waals surface area contributed by atoms with Gasteiger partial charge in [-0.15, -0.1) is 0 Å². The van der Waals surface area contributed by atoms with E-state index in [1.54, 1.807) is 42.0 Å². The highest BCUT2D eigenvalue weighted by Gasteiger charge is 2.20. The minimum Gasteiger partial charge on any atom is -0.368 e. The first kappa shape index (κ1) is 18.1. The van der Waals surface area contributed by atoms with E-state index in [2.05, 4.69) is 20.6 Å². The molecule has 3 heterocycles. The minimum absolute atomic E-state index is 0.0465. The van der Waals surface area contributed by atoms with E-state index in [0.29, 0.717) is 12.1 Å². The fourth-order valence-electron chi connectivity index (χ4n) is 2.54. The Labute approximate surface area is 153 Å². The second-order valence-electron chi connectivity index (χ2n) is 5.82. The van der Waals surface area contributed by atoms with Crippen molar-refractivity contribution in [1.82, 2.24) is 14.4 Å². The Hall–Kier alpha value is -3.69. The maximum Gasteiger partial charge on any atom is 0.252 e. The zero-order valence-corrected chi connectivity index (χ0v) is 14.4. The number of halogens is 1. The smallest absolute Gasteiger partial charge is 0.252 e. The van der Waals surface area contributed by atoms with Crippen LogP contribution < -0.4 is 22.1 Å². The number of nitrogens with zero attached hydrogens (tertiary/aromatic N) is 3. The summed E-state index contributed by atoms with van der Waals surface area (Å²) >= 11 is 0. The van der Waals surface area contributed by atoms with E-state index in [4.69, 9.17) is 11.5 Å². The van der Waals surface area contributed by atoms with E-state index in [1.807, 2.05) is 0 Å². The quantitative estimate of drug-likeness (QED) is 0.495. The molecule has 3 aromatic rings. The van der Waals surface area contributed by atoms with Crippen molar-refractivity contribution in [3.05, 3.63) is 48.2 Å². The Bertz CT molecular complexity index is 1020. The molecule has 0 bridgehead atoms. The topological polar surface area (TPSA) is 140 Å². The van der Waals surface area contributed by atoms with Gasteiger partial charge in [0.1, 0.15) is 17.5 Å². The van der Waals surface area contributed by atoms with E-state index in [9.17, 15) is 14.0 Å². The van der Waals surface area contributed by atoms with Crippen LogP contribution in [0.25, 0.3) is 5.65 Å². The van der Waals surface area contributed by atoms with Gasteiger partial charge in [-0.3, -0.25) is 9.59 Å². The number of pyridine rings is 2. The van der Waals surface area contributed by atoms with Crippen LogP contribution in [0.1, 0.15) is 23.7 Å². The second-order valence-corrected chi connectivity index (χ2v) is 5.82. The van der Waals surface area contributed by atoms with Crippen LogP contribution in [0.3, 0.4) is 0 Å². The van der Waals surface area contributed by atoms with Gasteiger partial charge in [0.05, 0.1) is 11.3 Å². The molecule has 0 aliphatic carbocycles. The van der Waals surface area contributed by atoms with Gasteiger partial charge in [0.2, 0.25) is 5.91 Å². The average molecular weight is 371 g/mol. The zero-order valence-electron chi connectivity index (χ0n) is 14.4. The number of amides is 2. The highest BCUT2D eigenvalue weighted by atomic mass is 19.1. The first-order valence-corrected chi connectivity index (χ1v) is 8.15. The van der Waals surface area contributed by atoms with E-state index in [1.165, 1.54) is 0 Å². The molecule has 27 heavy (non-hydrogen) atoms. The van der Waals surface area contributed by atoms with E-state index < -0.39 is 23.7 Å². The number of hydrogen-bond donors (Lipinski definition) is 4. The molecule has 0 aliphatic rings. The molecule has 0 radical (unpaired) electrons. The average Bonchev–Trinajstić information content (AvgIpc) is 3.08. The number of imidazole rings is 1. The number of carbonyl (C=O) groups excluding carboxylic acids is 2. The van der Waals surface area contributed by atoms with Crippen LogP contribution in [0.5, 0.6) is 0 Å². The zero-order chi connectivity index (χ0) is 19.6. The summed E-state index contributed by atoms with van der Waals surface area (Å²) in [6.07, 6.45) is 5.46. The molecule has 0 saturated heterocycles. The number of nitrogens with one attached hydrogen (secondary N) is 2. The molecule has 0 saturated carbocycles. The molecule has 140 valence electrons. The molecule has 9 nitrogen and oxygen atoms in total. The van der Waals surface area contributed by atoms with Crippen molar-refractivity contribution in [2.45, 2.75) is 19.4 Å². The normalized spacial score (nSPS) is 11.9. The molecule has 1 unspecified atom stereocenters. The van der Waals surface area contributed by atoms with Gasteiger partial charge >= 0.3 is 0 Å². The predicted octanol–water partition coefficient (Wildman–Crippen LogP) is 1.39. The number of carbonyl (C=O) groups is 2. The van der Waals surface area contributed by atoms with Crippen LogP contribution in [-0.4, -0.2) is 32.2 Å². The van der Waals surface area contributed by atoms with Gasteiger partial charge in [-0.1, -0.05) is 6.92 Å². The lowest BCUT2D eigenvalue weighted by Gasteiger charge is -2.17. The van der Waals surface area contributed by atoms with Crippen LogP contribution >= 0.6 is 0 Å². The van der Waals surface area contributed by atoms with Crippen molar-refractivity contribution in [2.24, 2.45) is 11.5 Å². The van der Waals surface area contributed by atoms with Crippen molar-refractivity contribution in [1.29, 1.82) is 0 Å². The third kappa shape index (κ3) is 3.78. The molecule has 0 fully saturated rings. The number of anilines is 3. The largest absolute Gasteiger partial charge is 0.368 e. The lowest BCUT2D eigenvalue weighted by molar-refractivity contribution is -0.118. The standard InChI is InChI=1S/C17H18FN7O2/c1-2-12(15(20)27)23-17-11(18)7-10(14(19)26)16(24-17)22-9-3-4-13-21-5-6-25(13)8-9/h3-8,12H,2H2,1H3,(H2,19,26)(H2,20,27)(H2,22,23,24). The molecule has 3 rings (SSSR count). The molecule has 0 aromatic carbocycles. The second kappa shape index (κ2) is 7.28. The first-order chi connectivity index (χ1) is 12.9. The summed E-state index contributed by atoms with van der Waals surface area (Å²) in [6, 6.07) is 3.64. The van der Waals surface area contributed by atoms with Gasteiger partial charge in [0, 0.05) is 18.6 Å². The van der Waals surface area contributed by atoms with Crippen LogP contribution in [0.4, 0.5) is 21.7 Å². The van der Waals surface area contributed by atoms with Crippen molar-refractivity contribution in [3.8, 4) is 0 Å². The Morgan fingerprint density at radius 3 is 2.74 bits per heavy atom. The summed E-state index contributed by atoms with van der Waals surface area (Å²) in [5.74, 6) is -2.47. The molecule has 0 aliphatic heterocycles. The maximum absolute atomic E-state index is 14.3. The lowest BCUT2D eigenvalue weighted by Crippen LogP contribution is -2.35. The summed E-state index contributed by atoms with van der Waals surface area (Å²) in [7, 11) is 0. The summed E-state index contributed by atoms with van der Waals surface area (Å²) < 4.78 is 16.1. The number of nitrogens with two attached hydrogens (primary N) is 2. The number of aromatic nitrogens is 3. The van der Waals surface area contributed by atoms with Gasteiger partial charge in [-0.05, 0) is 24.6 Å². The monoisotopic (exact) mass is 371 g/mol. The number of fused-ring (bicyclic) bond motifs is 1. The van der Waals surface area contributed by atoms with E-state index in [0.717, 1.165) is 11.7 Å². The van der Waals surface area contributed by atoms with Gasteiger partial charge in [0.25, 0.3) is 5.91 Å². The predicted molar refractivity (Wildman–Crippen MR) is 98.1 cm³/mol. The van der Waals surface area contributed by atoms with Gasteiger partial charge in [-0.2, -0.15) is 0 Å². The SMILES string of the molecule is CCC(Nc1nc(Nc2ccc3nccn3c2)c(C(N)=O)cc1F)C(N)=O. The Kier molecular flexibility index (Phi) is 4.88. The van der Waals surface area contributed by atoms with Crippen LogP contribution in [0.15, 0.2) is 36.8 Å².